The summed E-state index contributed by atoms with van der Waals surface area (Å²) in [7, 11) is 0. The van der Waals surface area contributed by atoms with Crippen molar-refractivity contribution in [2.75, 3.05) is 0 Å². The highest BCUT2D eigenvalue weighted by Crippen LogP contribution is 2.07. The topological polar surface area (TPSA) is 103 Å². The zero-order valence-electron chi connectivity index (χ0n) is 9.89. The highest BCUT2D eigenvalue weighted by atomic mass is 16.6. The van der Waals surface area contributed by atoms with Gasteiger partial charge in [0.05, 0.1) is 17.2 Å². The Balaban J connectivity index is 1.85. The maximum atomic E-state index is 11.6. The molecule has 0 radical (unpaired) electrons. The molecule has 0 aliphatic carbocycles. The van der Waals surface area contributed by atoms with Gasteiger partial charge < -0.3 is 5.32 Å². The number of nitro groups is 1. The number of carbonyl (C=O) groups excluding carboxylic acids is 1. The lowest BCUT2D eigenvalue weighted by Gasteiger charge is -2.04. The van der Waals surface area contributed by atoms with Crippen molar-refractivity contribution in [2.45, 2.75) is 13.1 Å². The van der Waals surface area contributed by atoms with Crippen molar-refractivity contribution in [1.29, 1.82) is 0 Å². The summed E-state index contributed by atoms with van der Waals surface area (Å²) < 4.78 is 1.21. The predicted octanol–water partition coefficient (Wildman–Crippen LogP) is 0.503. The first-order valence-corrected chi connectivity index (χ1v) is 5.48. The SMILES string of the molecule is O=C(Cn1cc([N+](=O)[O-])cn1)NCc1ccccn1. The van der Waals surface area contributed by atoms with Gasteiger partial charge in [0.2, 0.25) is 5.91 Å². The van der Waals surface area contributed by atoms with Gasteiger partial charge in [0.1, 0.15) is 18.9 Å². The summed E-state index contributed by atoms with van der Waals surface area (Å²) in [6.45, 7) is 0.240. The number of hydrogen-bond donors (Lipinski definition) is 1. The number of amides is 1. The van der Waals surface area contributed by atoms with E-state index in [1.807, 2.05) is 6.07 Å². The molecule has 8 heteroatoms. The van der Waals surface area contributed by atoms with E-state index in [0.29, 0.717) is 6.54 Å². The van der Waals surface area contributed by atoms with Crippen molar-refractivity contribution < 1.29 is 9.72 Å². The molecule has 2 aromatic rings. The van der Waals surface area contributed by atoms with Crippen LogP contribution in [0.15, 0.2) is 36.8 Å². The molecule has 1 amide bonds. The van der Waals surface area contributed by atoms with Crippen LogP contribution in [0.3, 0.4) is 0 Å². The molecule has 19 heavy (non-hydrogen) atoms. The standard InChI is InChI=1S/C11H11N5O3/c17-11(13-5-9-3-1-2-4-12-9)8-15-7-10(6-14-15)16(18)19/h1-4,6-7H,5,8H2,(H,13,17). The number of aromatic nitrogens is 3. The van der Waals surface area contributed by atoms with E-state index < -0.39 is 4.92 Å². The highest BCUT2D eigenvalue weighted by Gasteiger charge is 2.10. The van der Waals surface area contributed by atoms with Crippen molar-refractivity contribution in [3.05, 3.63) is 52.6 Å². The fourth-order valence-corrected chi connectivity index (χ4v) is 1.43. The third-order valence-corrected chi connectivity index (χ3v) is 2.33. The van der Waals surface area contributed by atoms with E-state index in [1.165, 1.54) is 10.9 Å². The second kappa shape index (κ2) is 5.71. The fraction of sp³-hybridized carbons (Fsp3) is 0.182. The van der Waals surface area contributed by atoms with Crippen LogP contribution in [-0.4, -0.2) is 25.6 Å². The molecule has 0 aliphatic rings. The molecule has 8 nitrogen and oxygen atoms in total. The van der Waals surface area contributed by atoms with E-state index in [-0.39, 0.29) is 18.1 Å². The zero-order chi connectivity index (χ0) is 13.7. The van der Waals surface area contributed by atoms with E-state index in [0.717, 1.165) is 11.9 Å². The second-order valence-corrected chi connectivity index (χ2v) is 3.75. The molecule has 0 saturated carbocycles. The molecular weight excluding hydrogens is 250 g/mol. The second-order valence-electron chi connectivity index (χ2n) is 3.75. The van der Waals surface area contributed by atoms with Crippen LogP contribution in [0.4, 0.5) is 5.69 Å². The molecule has 0 unspecified atom stereocenters. The molecule has 0 aliphatic heterocycles. The molecule has 0 atom stereocenters. The number of hydrogen-bond acceptors (Lipinski definition) is 5. The van der Waals surface area contributed by atoms with Gasteiger partial charge in [0.25, 0.3) is 0 Å². The Morgan fingerprint density at radius 1 is 1.47 bits per heavy atom. The first-order valence-electron chi connectivity index (χ1n) is 5.48. The number of nitrogens with one attached hydrogen (secondary N) is 1. The summed E-state index contributed by atoms with van der Waals surface area (Å²) in [5.74, 6) is -0.288. The number of nitrogens with zero attached hydrogens (tertiary/aromatic N) is 4. The lowest BCUT2D eigenvalue weighted by molar-refractivity contribution is -0.385. The molecule has 2 rings (SSSR count). The van der Waals surface area contributed by atoms with Crippen LogP contribution in [-0.2, 0) is 17.9 Å². The Morgan fingerprint density at radius 2 is 2.32 bits per heavy atom. The Hall–Kier alpha value is -2.77. The Morgan fingerprint density at radius 3 is 2.95 bits per heavy atom. The minimum Gasteiger partial charge on any atom is -0.349 e. The van der Waals surface area contributed by atoms with Gasteiger partial charge in [-0.15, -0.1) is 0 Å². The molecule has 0 fully saturated rings. The minimum absolute atomic E-state index is 0.0688. The van der Waals surface area contributed by atoms with Gasteiger partial charge in [-0.2, -0.15) is 5.10 Å². The smallest absolute Gasteiger partial charge is 0.307 e. The van der Waals surface area contributed by atoms with Crippen molar-refractivity contribution in [1.82, 2.24) is 20.1 Å². The molecular formula is C11H11N5O3. The largest absolute Gasteiger partial charge is 0.349 e. The van der Waals surface area contributed by atoms with Crippen LogP contribution in [0.5, 0.6) is 0 Å². The molecule has 0 saturated heterocycles. The van der Waals surface area contributed by atoms with E-state index in [9.17, 15) is 14.9 Å². The zero-order valence-corrected chi connectivity index (χ0v) is 9.89. The quantitative estimate of drug-likeness (QED) is 0.623. The summed E-state index contributed by atoms with van der Waals surface area (Å²) in [6, 6.07) is 5.40. The van der Waals surface area contributed by atoms with Crippen LogP contribution >= 0.6 is 0 Å². The Bertz CT molecular complexity index is 581. The first-order chi connectivity index (χ1) is 9.15. The molecule has 0 bridgehead atoms. The minimum atomic E-state index is -0.560. The summed E-state index contributed by atoms with van der Waals surface area (Å²) in [6.07, 6.45) is 3.95. The van der Waals surface area contributed by atoms with Crippen LogP contribution in [0, 0.1) is 10.1 Å². The maximum Gasteiger partial charge on any atom is 0.307 e. The summed E-state index contributed by atoms with van der Waals surface area (Å²) in [4.78, 5) is 25.5. The van der Waals surface area contributed by atoms with Crippen molar-refractivity contribution in [3.8, 4) is 0 Å². The summed E-state index contributed by atoms with van der Waals surface area (Å²) in [5.41, 5.74) is 0.597. The third kappa shape index (κ3) is 3.60. The van der Waals surface area contributed by atoms with Gasteiger partial charge >= 0.3 is 5.69 Å². The monoisotopic (exact) mass is 261 g/mol. The molecule has 0 spiro atoms. The lowest BCUT2D eigenvalue weighted by Crippen LogP contribution is -2.27. The van der Waals surface area contributed by atoms with Crippen LogP contribution in [0.25, 0.3) is 0 Å². The van der Waals surface area contributed by atoms with Crippen molar-refractivity contribution in [3.63, 3.8) is 0 Å². The van der Waals surface area contributed by atoms with E-state index in [1.54, 1.807) is 18.3 Å². The summed E-state index contributed by atoms with van der Waals surface area (Å²) >= 11 is 0. The normalized spacial score (nSPS) is 10.1. The van der Waals surface area contributed by atoms with Crippen LogP contribution in [0.1, 0.15) is 5.69 Å². The number of carbonyl (C=O) groups is 1. The summed E-state index contributed by atoms with van der Waals surface area (Å²) in [5, 5.41) is 16.8. The van der Waals surface area contributed by atoms with Gasteiger partial charge in [-0.1, -0.05) is 6.07 Å². The molecule has 2 heterocycles. The molecule has 2 aromatic heterocycles. The fourth-order valence-electron chi connectivity index (χ4n) is 1.43. The van der Waals surface area contributed by atoms with E-state index >= 15 is 0 Å². The predicted molar refractivity (Wildman–Crippen MR) is 65.0 cm³/mol. The van der Waals surface area contributed by atoms with E-state index in [4.69, 9.17) is 0 Å². The maximum absolute atomic E-state index is 11.6. The molecule has 1 N–H and O–H groups in total. The number of pyridine rings is 1. The van der Waals surface area contributed by atoms with Gasteiger partial charge in [-0.05, 0) is 12.1 Å². The van der Waals surface area contributed by atoms with Crippen molar-refractivity contribution in [2.24, 2.45) is 0 Å². The van der Waals surface area contributed by atoms with Gasteiger partial charge in [-0.3, -0.25) is 24.6 Å². The lowest BCUT2D eigenvalue weighted by atomic mass is 10.3. The van der Waals surface area contributed by atoms with Gasteiger partial charge in [0, 0.05) is 6.20 Å². The highest BCUT2D eigenvalue weighted by molar-refractivity contribution is 5.75. The Kier molecular flexibility index (Phi) is 3.81. The average molecular weight is 261 g/mol. The van der Waals surface area contributed by atoms with Crippen LogP contribution in [0.2, 0.25) is 0 Å². The molecule has 98 valence electrons. The van der Waals surface area contributed by atoms with Crippen molar-refractivity contribution >= 4 is 11.6 Å². The van der Waals surface area contributed by atoms with E-state index in [2.05, 4.69) is 15.4 Å². The third-order valence-electron chi connectivity index (χ3n) is 2.33. The Labute approximate surface area is 108 Å². The first kappa shape index (κ1) is 12.7. The van der Waals surface area contributed by atoms with Crippen LogP contribution < -0.4 is 5.32 Å². The van der Waals surface area contributed by atoms with Gasteiger partial charge in [-0.25, -0.2) is 0 Å². The number of rotatable bonds is 5. The average Bonchev–Trinajstić information content (AvgIpc) is 2.86. The van der Waals surface area contributed by atoms with Gasteiger partial charge in [0.15, 0.2) is 0 Å². The molecule has 0 aromatic carbocycles.